The van der Waals surface area contributed by atoms with Crippen LogP contribution in [-0.2, 0) is 11.3 Å². The van der Waals surface area contributed by atoms with Gasteiger partial charge in [0.2, 0.25) is 0 Å². The Hall–Kier alpha value is -1.23. The molecule has 1 heterocycles. The van der Waals surface area contributed by atoms with Crippen molar-refractivity contribution in [3.05, 3.63) is 26.8 Å². The summed E-state index contributed by atoms with van der Waals surface area (Å²) in [6.45, 7) is 0.113. The van der Waals surface area contributed by atoms with E-state index in [0.717, 1.165) is 4.88 Å². The Balaban J connectivity index is 2.76. The van der Waals surface area contributed by atoms with E-state index in [1.165, 1.54) is 18.4 Å². The van der Waals surface area contributed by atoms with Crippen LogP contribution in [0.25, 0.3) is 0 Å². The van der Waals surface area contributed by atoms with Gasteiger partial charge < -0.3 is 4.74 Å². The van der Waals surface area contributed by atoms with Crippen molar-refractivity contribution >= 4 is 17.3 Å². The molecule has 1 rings (SSSR count). The van der Waals surface area contributed by atoms with Crippen molar-refractivity contribution in [2.45, 2.75) is 6.54 Å². The number of rotatable bonds is 3. The van der Waals surface area contributed by atoms with E-state index in [2.05, 4.69) is 9.91 Å². The first-order chi connectivity index (χ1) is 5.77. The molecule has 0 N–H and O–H groups in total. The first-order valence-electron chi connectivity index (χ1n) is 3.22. The highest BCUT2D eigenvalue weighted by Gasteiger charge is 2.07. The van der Waals surface area contributed by atoms with Gasteiger partial charge in [0.15, 0.2) is 0 Å². The van der Waals surface area contributed by atoms with Gasteiger partial charge >= 0.3 is 5.97 Å². The lowest BCUT2D eigenvalue weighted by atomic mass is 10.3. The molecule has 0 bridgehead atoms. The Morgan fingerprint density at radius 3 is 3.08 bits per heavy atom. The molecular weight excluding hydrogens is 178 g/mol. The summed E-state index contributed by atoms with van der Waals surface area (Å²) >= 11 is 1.32. The smallest absolute Gasteiger partial charge is 0.338 e. The molecule has 0 spiro atoms. The van der Waals surface area contributed by atoms with E-state index < -0.39 is 0 Å². The van der Waals surface area contributed by atoms with Crippen molar-refractivity contribution in [2.75, 3.05) is 7.11 Å². The summed E-state index contributed by atoms with van der Waals surface area (Å²) < 4.78 is 4.49. The van der Waals surface area contributed by atoms with Crippen molar-refractivity contribution in [3.8, 4) is 0 Å². The fourth-order valence-corrected chi connectivity index (χ4v) is 1.52. The minimum absolute atomic E-state index is 0.113. The van der Waals surface area contributed by atoms with E-state index >= 15 is 0 Å². The van der Waals surface area contributed by atoms with Gasteiger partial charge in [0.25, 0.3) is 0 Å². The van der Waals surface area contributed by atoms with Gasteiger partial charge in [-0.25, -0.2) is 4.79 Å². The maximum Gasteiger partial charge on any atom is 0.338 e. The molecule has 1 aromatic rings. The fourth-order valence-electron chi connectivity index (χ4n) is 0.752. The van der Waals surface area contributed by atoms with E-state index in [1.807, 2.05) is 0 Å². The average molecular weight is 185 g/mol. The maximum absolute atomic E-state index is 10.9. The molecule has 0 amide bonds. The van der Waals surface area contributed by atoms with Crippen molar-refractivity contribution in [1.29, 1.82) is 0 Å². The van der Waals surface area contributed by atoms with Crippen LogP contribution < -0.4 is 0 Å². The Morgan fingerprint density at radius 2 is 2.50 bits per heavy atom. The molecule has 0 atom stereocenters. The SMILES string of the molecule is COC(=O)c1csc(CN=O)c1. The minimum atomic E-state index is -0.386. The van der Waals surface area contributed by atoms with E-state index in [4.69, 9.17) is 0 Å². The highest BCUT2D eigenvalue weighted by molar-refractivity contribution is 7.10. The van der Waals surface area contributed by atoms with Crippen molar-refractivity contribution in [2.24, 2.45) is 5.18 Å². The monoisotopic (exact) mass is 185 g/mol. The van der Waals surface area contributed by atoms with Crippen molar-refractivity contribution in [1.82, 2.24) is 0 Å². The maximum atomic E-state index is 10.9. The molecule has 0 radical (unpaired) electrons. The summed E-state index contributed by atoms with van der Waals surface area (Å²) in [5, 5.41) is 4.36. The number of methoxy groups -OCH3 is 1. The third-order valence-electron chi connectivity index (χ3n) is 1.30. The molecule has 64 valence electrons. The first-order valence-corrected chi connectivity index (χ1v) is 4.10. The third kappa shape index (κ3) is 1.88. The number of thiophene rings is 1. The summed E-state index contributed by atoms with van der Waals surface area (Å²) in [6.07, 6.45) is 0. The lowest BCUT2D eigenvalue weighted by molar-refractivity contribution is 0.0601. The molecule has 0 fully saturated rings. The van der Waals surface area contributed by atoms with Crippen LogP contribution in [0.15, 0.2) is 16.6 Å². The van der Waals surface area contributed by atoms with Crippen molar-refractivity contribution < 1.29 is 9.53 Å². The largest absolute Gasteiger partial charge is 0.465 e. The predicted molar refractivity (Wildman–Crippen MR) is 45.2 cm³/mol. The van der Waals surface area contributed by atoms with Gasteiger partial charge in [0, 0.05) is 10.3 Å². The number of nitrogens with zero attached hydrogens (tertiary/aromatic N) is 1. The van der Waals surface area contributed by atoms with Gasteiger partial charge in [-0.1, -0.05) is 5.18 Å². The molecule has 0 aliphatic heterocycles. The van der Waals surface area contributed by atoms with Crippen LogP contribution in [0.2, 0.25) is 0 Å². The molecule has 4 nitrogen and oxygen atoms in total. The highest BCUT2D eigenvalue weighted by Crippen LogP contribution is 2.16. The predicted octanol–water partition coefficient (Wildman–Crippen LogP) is 1.80. The average Bonchev–Trinajstić information content (AvgIpc) is 2.52. The van der Waals surface area contributed by atoms with E-state index in [1.54, 1.807) is 11.4 Å². The second-order valence-electron chi connectivity index (χ2n) is 2.08. The number of esters is 1. The molecule has 5 heteroatoms. The van der Waals surface area contributed by atoms with E-state index in [0.29, 0.717) is 5.56 Å². The number of nitroso groups, excluding NO2 is 1. The van der Waals surface area contributed by atoms with Gasteiger partial charge in [-0.15, -0.1) is 11.3 Å². The summed E-state index contributed by atoms with van der Waals surface area (Å²) in [6, 6.07) is 1.61. The number of carbonyl (C=O) groups excluding carboxylic acids is 1. The Kier molecular flexibility index (Phi) is 2.93. The molecule has 0 aliphatic rings. The van der Waals surface area contributed by atoms with Crippen molar-refractivity contribution in [3.63, 3.8) is 0 Å². The quantitative estimate of drug-likeness (QED) is 0.533. The highest BCUT2D eigenvalue weighted by atomic mass is 32.1. The zero-order valence-electron chi connectivity index (χ0n) is 6.44. The van der Waals surface area contributed by atoms with Gasteiger partial charge in [-0.3, -0.25) is 0 Å². The number of hydrogen-bond donors (Lipinski definition) is 0. The summed E-state index contributed by atoms with van der Waals surface area (Å²) in [7, 11) is 1.32. The van der Waals surface area contributed by atoms with Gasteiger partial charge in [0.05, 0.1) is 12.7 Å². The molecule has 0 saturated carbocycles. The Morgan fingerprint density at radius 1 is 1.75 bits per heavy atom. The van der Waals surface area contributed by atoms with Crippen LogP contribution in [0.3, 0.4) is 0 Å². The van der Waals surface area contributed by atoms with Crippen LogP contribution in [0.4, 0.5) is 0 Å². The molecule has 0 unspecified atom stereocenters. The summed E-state index contributed by atoms with van der Waals surface area (Å²) in [5.41, 5.74) is 0.473. The molecule has 1 aromatic heterocycles. The molecular formula is C7H7NO3S. The van der Waals surface area contributed by atoms with E-state index in [-0.39, 0.29) is 12.5 Å². The minimum Gasteiger partial charge on any atom is -0.465 e. The summed E-state index contributed by atoms with van der Waals surface area (Å²) in [5.74, 6) is -0.386. The second kappa shape index (κ2) is 3.96. The van der Waals surface area contributed by atoms with Crippen LogP contribution in [-0.4, -0.2) is 13.1 Å². The van der Waals surface area contributed by atoms with E-state index in [9.17, 15) is 9.70 Å². The third-order valence-corrected chi connectivity index (χ3v) is 2.22. The van der Waals surface area contributed by atoms with Crippen LogP contribution in [0.1, 0.15) is 15.2 Å². The first kappa shape index (κ1) is 8.86. The summed E-state index contributed by atoms with van der Waals surface area (Å²) in [4.78, 5) is 21.5. The topological polar surface area (TPSA) is 55.7 Å². The lowest BCUT2D eigenvalue weighted by Gasteiger charge is -1.91. The molecule has 0 saturated heterocycles. The zero-order valence-corrected chi connectivity index (χ0v) is 7.26. The number of ether oxygens (including phenoxy) is 1. The Labute approximate surface area is 73.1 Å². The molecule has 0 aliphatic carbocycles. The van der Waals surface area contributed by atoms with Crippen LogP contribution in [0.5, 0.6) is 0 Å². The molecule has 0 aromatic carbocycles. The van der Waals surface area contributed by atoms with Gasteiger partial charge in [-0.05, 0) is 6.07 Å². The van der Waals surface area contributed by atoms with Gasteiger partial charge in [-0.2, -0.15) is 4.91 Å². The van der Waals surface area contributed by atoms with Crippen LogP contribution >= 0.6 is 11.3 Å². The van der Waals surface area contributed by atoms with Crippen LogP contribution in [0, 0.1) is 4.91 Å². The fraction of sp³-hybridized carbons (Fsp3) is 0.286. The van der Waals surface area contributed by atoms with Gasteiger partial charge in [0.1, 0.15) is 6.54 Å². The number of hydrogen-bond acceptors (Lipinski definition) is 5. The normalized spacial score (nSPS) is 9.42. The second-order valence-corrected chi connectivity index (χ2v) is 3.08. The Bertz CT molecular complexity index is 295. The lowest BCUT2D eigenvalue weighted by Crippen LogP contribution is -1.98. The number of carbonyl (C=O) groups is 1. The zero-order chi connectivity index (χ0) is 8.97. The standard InChI is InChI=1S/C7H7NO3S/c1-11-7(9)5-2-6(3-8-10)12-4-5/h2,4H,3H2,1H3. The molecule has 12 heavy (non-hydrogen) atoms.